The Morgan fingerprint density at radius 2 is 1.83 bits per heavy atom. The molecule has 1 aromatic heterocycles. The van der Waals surface area contributed by atoms with Crippen molar-refractivity contribution >= 4 is 0 Å². The van der Waals surface area contributed by atoms with E-state index in [1.54, 1.807) is 0 Å². The van der Waals surface area contributed by atoms with Crippen molar-refractivity contribution in [2.75, 3.05) is 13.2 Å². The lowest BCUT2D eigenvalue weighted by atomic mass is 10.4. The molecule has 0 aliphatic rings. The molecule has 0 N–H and O–H groups in total. The molecule has 0 atom stereocenters. The summed E-state index contributed by atoms with van der Waals surface area (Å²) in [6.07, 6.45) is -7.64. The van der Waals surface area contributed by atoms with E-state index >= 15 is 0 Å². The summed E-state index contributed by atoms with van der Waals surface area (Å²) < 4.78 is 76.8. The molecule has 0 aliphatic heterocycles. The zero-order valence-electron chi connectivity index (χ0n) is 9.05. The maximum absolute atomic E-state index is 12.1. The highest BCUT2D eigenvalue weighted by Crippen LogP contribution is 2.27. The zero-order chi connectivity index (χ0) is 13.8. The van der Waals surface area contributed by atoms with Crippen LogP contribution in [0.5, 0.6) is 0 Å². The molecule has 104 valence electrons. The van der Waals surface area contributed by atoms with Crippen molar-refractivity contribution in [1.82, 2.24) is 9.78 Å². The number of halogens is 6. The summed E-state index contributed by atoms with van der Waals surface area (Å²) in [6.45, 7) is -1.49. The topological polar surface area (TPSA) is 27.1 Å². The molecular formula is C9H10F6N2O. The van der Waals surface area contributed by atoms with E-state index in [2.05, 4.69) is 9.84 Å². The van der Waals surface area contributed by atoms with Crippen LogP contribution in [0.1, 0.15) is 12.1 Å². The van der Waals surface area contributed by atoms with E-state index in [1.807, 2.05) is 0 Å². The van der Waals surface area contributed by atoms with Crippen molar-refractivity contribution in [1.29, 1.82) is 0 Å². The number of ether oxygens (including phenoxy) is 1. The van der Waals surface area contributed by atoms with Crippen LogP contribution >= 0.6 is 0 Å². The molecule has 0 amide bonds. The molecule has 0 spiro atoms. The van der Waals surface area contributed by atoms with Crippen molar-refractivity contribution < 1.29 is 31.1 Å². The fourth-order valence-electron chi connectivity index (χ4n) is 1.15. The Bertz CT molecular complexity index is 370. The first-order valence-corrected chi connectivity index (χ1v) is 4.93. The van der Waals surface area contributed by atoms with Crippen LogP contribution in [-0.2, 0) is 17.5 Å². The van der Waals surface area contributed by atoms with Gasteiger partial charge in [0.2, 0.25) is 0 Å². The Kier molecular flexibility index (Phi) is 4.60. The molecule has 0 unspecified atom stereocenters. The summed E-state index contributed by atoms with van der Waals surface area (Å²) in [4.78, 5) is 0. The number of hydrogen-bond donors (Lipinski definition) is 0. The fourth-order valence-corrected chi connectivity index (χ4v) is 1.15. The van der Waals surface area contributed by atoms with Crippen molar-refractivity contribution in [3.8, 4) is 0 Å². The predicted molar refractivity (Wildman–Crippen MR) is 48.7 cm³/mol. The Hall–Kier alpha value is -1.25. The third-order valence-corrected chi connectivity index (χ3v) is 1.87. The third kappa shape index (κ3) is 5.39. The molecule has 0 fully saturated rings. The van der Waals surface area contributed by atoms with Crippen LogP contribution in [0.25, 0.3) is 0 Å². The van der Waals surface area contributed by atoms with Crippen LogP contribution in [0, 0.1) is 0 Å². The lowest BCUT2D eigenvalue weighted by molar-refractivity contribution is -0.174. The van der Waals surface area contributed by atoms with Gasteiger partial charge in [-0.05, 0) is 12.5 Å². The zero-order valence-corrected chi connectivity index (χ0v) is 9.05. The van der Waals surface area contributed by atoms with E-state index in [4.69, 9.17) is 0 Å². The van der Waals surface area contributed by atoms with E-state index in [0.29, 0.717) is 0 Å². The van der Waals surface area contributed by atoms with Crippen LogP contribution in [0.15, 0.2) is 12.3 Å². The minimum atomic E-state index is -4.52. The summed E-state index contributed by atoms with van der Waals surface area (Å²) >= 11 is 0. The average molecular weight is 276 g/mol. The van der Waals surface area contributed by atoms with Crippen LogP contribution in [0.3, 0.4) is 0 Å². The first-order chi connectivity index (χ1) is 8.18. The summed E-state index contributed by atoms with van der Waals surface area (Å²) in [6, 6.07) is 0.802. The van der Waals surface area contributed by atoms with Crippen LogP contribution in [-0.4, -0.2) is 29.2 Å². The molecule has 0 bridgehead atoms. The molecule has 1 aromatic rings. The monoisotopic (exact) mass is 276 g/mol. The molecule has 0 saturated carbocycles. The fraction of sp³-hybridized carbons (Fsp3) is 0.667. The molecule has 9 heteroatoms. The lowest BCUT2D eigenvalue weighted by Gasteiger charge is -2.07. The Labute approximate surface area is 98.3 Å². The number of aryl methyl sites for hydroxylation is 1. The van der Waals surface area contributed by atoms with Gasteiger partial charge >= 0.3 is 12.4 Å². The van der Waals surface area contributed by atoms with Gasteiger partial charge in [0, 0.05) is 19.3 Å². The van der Waals surface area contributed by atoms with E-state index in [9.17, 15) is 26.3 Å². The van der Waals surface area contributed by atoms with Gasteiger partial charge in [0.1, 0.15) is 6.61 Å². The lowest BCUT2D eigenvalue weighted by Crippen LogP contribution is -2.18. The van der Waals surface area contributed by atoms with Crippen molar-refractivity contribution in [2.24, 2.45) is 0 Å². The van der Waals surface area contributed by atoms with E-state index in [1.165, 1.54) is 0 Å². The number of hydrogen-bond acceptors (Lipinski definition) is 2. The molecule has 18 heavy (non-hydrogen) atoms. The Morgan fingerprint density at radius 1 is 1.17 bits per heavy atom. The van der Waals surface area contributed by atoms with Gasteiger partial charge in [-0.25, -0.2) is 0 Å². The van der Waals surface area contributed by atoms with Gasteiger partial charge in [-0.1, -0.05) is 0 Å². The highest BCUT2D eigenvalue weighted by molar-refractivity contribution is 5.02. The minimum Gasteiger partial charge on any atom is -0.372 e. The van der Waals surface area contributed by atoms with Gasteiger partial charge in [-0.3, -0.25) is 4.68 Å². The van der Waals surface area contributed by atoms with Gasteiger partial charge in [-0.2, -0.15) is 31.4 Å². The number of alkyl halides is 6. The van der Waals surface area contributed by atoms with Gasteiger partial charge in [0.25, 0.3) is 0 Å². The van der Waals surface area contributed by atoms with Crippen molar-refractivity contribution in [2.45, 2.75) is 25.3 Å². The molecule has 0 aliphatic carbocycles. The molecule has 0 radical (unpaired) electrons. The molecule has 0 aromatic carbocycles. The van der Waals surface area contributed by atoms with Gasteiger partial charge < -0.3 is 4.74 Å². The smallest absolute Gasteiger partial charge is 0.372 e. The van der Waals surface area contributed by atoms with Crippen molar-refractivity contribution in [3.05, 3.63) is 18.0 Å². The summed E-state index contributed by atoms with van der Waals surface area (Å²) in [5.74, 6) is 0. The quantitative estimate of drug-likeness (QED) is 0.610. The van der Waals surface area contributed by atoms with Gasteiger partial charge in [0.15, 0.2) is 5.69 Å². The maximum atomic E-state index is 12.1. The predicted octanol–water partition coefficient (Wildman–Crippen LogP) is 2.87. The second-order valence-corrected chi connectivity index (χ2v) is 3.48. The maximum Gasteiger partial charge on any atom is 0.435 e. The van der Waals surface area contributed by atoms with Crippen LogP contribution in [0.2, 0.25) is 0 Å². The molecular weight excluding hydrogens is 266 g/mol. The molecule has 3 nitrogen and oxygen atoms in total. The SMILES string of the molecule is FC(F)(F)COCCCn1ccc(C(F)(F)F)n1. The highest BCUT2D eigenvalue weighted by Gasteiger charge is 2.33. The van der Waals surface area contributed by atoms with Crippen molar-refractivity contribution in [3.63, 3.8) is 0 Å². The molecule has 0 saturated heterocycles. The number of nitrogens with zero attached hydrogens (tertiary/aromatic N) is 2. The molecule has 1 rings (SSSR count). The standard InChI is InChI=1S/C9H10F6N2O/c10-8(11,12)6-18-5-1-3-17-4-2-7(16-17)9(13,14)15/h2,4H,1,3,5-6H2. The third-order valence-electron chi connectivity index (χ3n) is 1.87. The van der Waals surface area contributed by atoms with E-state index in [0.717, 1.165) is 16.9 Å². The largest absolute Gasteiger partial charge is 0.435 e. The normalized spacial score (nSPS) is 13.0. The Balaban J connectivity index is 2.26. The number of aromatic nitrogens is 2. The highest BCUT2D eigenvalue weighted by atomic mass is 19.4. The second-order valence-electron chi connectivity index (χ2n) is 3.48. The van der Waals surface area contributed by atoms with Crippen LogP contribution in [0.4, 0.5) is 26.3 Å². The van der Waals surface area contributed by atoms with Gasteiger partial charge in [0.05, 0.1) is 0 Å². The molecule has 1 heterocycles. The van der Waals surface area contributed by atoms with E-state index in [-0.39, 0.29) is 19.6 Å². The van der Waals surface area contributed by atoms with Gasteiger partial charge in [-0.15, -0.1) is 0 Å². The van der Waals surface area contributed by atoms with Crippen LogP contribution < -0.4 is 0 Å². The second kappa shape index (κ2) is 5.59. The minimum absolute atomic E-state index is 0.0634. The van der Waals surface area contributed by atoms with E-state index < -0.39 is 24.7 Å². The first-order valence-electron chi connectivity index (χ1n) is 4.93. The first kappa shape index (κ1) is 14.8. The summed E-state index contributed by atoms with van der Waals surface area (Å²) in [5.41, 5.74) is -1.03. The summed E-state index contributed by atoms with van der Waals surface area (Å²) in [5, 5.41) is 3.24. The number of rotatable bonds is 5. The summed E-state index contributed by atoms with van der Waals surface area (Å²) in [7, 11) is 0. The Morgan fingerprint density at radius 3 is 2.33 bits per heavy atom. The average Bonchev–Trinajstić information content (AvgIpc) is 2.63.